The predicted molar refractivity (Wildman–Crippen MR) is 76.2 cm³/mol. The highest BCUT2D eigenvalue weighted by molar-refractivity contribution is 5.86. The van der Waals surface area contributed by atoms with Gasteiger partial charge in [0.1, 0.15) is 0 Å². The van der Waals surface area contributed by atoms with Crippen LogP contribution in [0.4, 0.5) is 0 Å². The van der Waals surface area contributed by atoms with Crippen LogP contribution in [0.3, 0.4) is 0 Å². The molecule has 108 valence electrons. The van der Waals surface area contributed by atoms with Gasteiger partial charge in [-0.1, -0.05) is 0 Å². The van der Waals surface area contributed by atoms with E-state index >= 15 is 0 Å². The SMILES string of the molecule is CN1CCN(CCC(=O)NN)CC1.Cl.Cl.Cl.O. The first-order valence-electron chi connectivity index (χ1n) is 4.62. The average Bonchev–Trinajstić information content (AvgIpc) is 2.16. The predicted octanol–water partition coefficient (Wildman–Crippen LogP) is -0.946. The summed E-state index contributed by atoms with van der Waals surface area (Å²) in [5, 5.41) is 0. The molecule has 0 aliphatic carbocycles. The molecule has 17 heavy (non-hydrogen) atoms. The summed E-state index contributed by atoms with van der Waals surface area (Å²) in [5.41, 5.74) is 2.14. The Hall–Kier alpha value is 0.180. The Morgan fingerprint density at radius 2 is 1.65 bits per heavy atom. The van der Waals surface area contributed by atoms with Crippen LogP contribution in [0.25, 0.3) is 0 Å². The Morgan fingerprint density at radius 1 is 1.18 bits per heavy atom. The van der Waals surface area contributed by atoms with Crippen molar-refractivity contribution in [1.29, 1.82) is 0 Å². The number of nitrogens with two attached hydrogens (primary N) is 1. The third-order valence-corrected chi connectivity index (χ3v) is 2.41. The second-order valence-corrected chi connectivity index (χ2v) is 3.46. The van der Waals surface area contributed by atoms with Crippen LogP contribution in [-0.4, -0.2) is 61.0 Å². The molecule has 0 aromatic carbocycles. The highest BCUT2D eigenvalue weighted by Gasteiger charge is 2.13. The molecular weight excluding hydrogens is 290 g/mol. The molecule has 1 amide bonds. The van der Waals surface area contributed by atoms with E-state index in [9.17, 15) is 4.79 Å². The van der Waals surface area contributed by atoms with Gasteiger partial charge in [-0.3, -0.25) is 10.2 Å². The zero-order chi connectivity index (χ0) is 9.68. The van der Waals surface area contributed by atoms with E-state index in [-0.39, 0.29) is 48.6 Å². The molecule has 0 atom stereocenters. The van der Waals surface area contributed by atoms with Crippen LogP contribution in [0.15, 0.2) is 0 Å². The Kier molecular flexibility index (Phi) is 21.7. The minimum absolute atomic E-state index is 0. The van der Waals surface area contributed by atoms with Crippen LogP contribution in [0, 0.1) is 0 Å². The van der Waals surface area contributed by atoms with Gasteiger partial charge in [-0.2, -0.15) is 0 Å². The summed E-state index contributed by atoms with van der Waals surface area (Å²) in [7, 11) is 2.12. The van der Waals surface area contributed by atoms with Crippen molar-refractivity contribution in [2.75, 3.05) is 39.8 Å². The maximum Gasteiger partial charge on any atom is 0.235 e. The molecule has 0 radical (unpaired) electrons. The molecule has 1 fully saturated rings. The number of hydrogen-bond donors (Lipinski definition) is 2. The van der Waals surface area contributed by atoms with E-state index in [4.69, 9.17) is 5.84 Å². The van der Waals surface area contributed by atoms with E-state index in [0.29, 0.717) is 6.42 Å². The molecule has 1 heterocycles. The van der Waals surface area contributed by atoms with Gasteiger partial charge in [0.25, 0.3) is 0 Å². The summed E-state index contributed by atoms with van der Waals surface area (Å²) in [6, 6.07) is 0. The molecule has 5 N–H and O–H groups in total. The molecule has 6 nitrogen and oxygen atoms in total. The number of nitrogens with one attached hydrogen (secondary N) is 1. The number of piperazine rings is 1. The first-order valence-corrected chi connectivity index (χ1v) is 4.62. The van der Waals surface area contributed by atoms with Gasteiger partial charge in [-0.05, 0) is 7.05 Å². The first kappa shape index (κ1) is 25.9. The summed E-state index contributed by atoms with van der Waals surface area (Å²) in [4.78, 5) is 15.4. The van der Waals surface area contributed by atoms with Gasteiger partial charge in [0.15, 0.2) is 0 Å². The van der Waals surface area contributed by atoms with E-state index in [1.54, 1.807) is 0 Å². The number of nitrogens with zero attached hydrogens (tertiary/aromatic N) is 2. The van der Waals surface area contributed by atoms with Crippen molar-refractivity contribution < 1.29 is 10.3 Å². The van der Waals surface area contributed by atoms with E-state index < -0.39 is 0 Å². The van der Waals surface area contributed by atoms with Gasteiger partial charge in [0.05, 0.1) is 0 Å². The zero-order valence-electron chi connectivity index (χ0n) is 9.85. The number of rotatable bonds is 3. The lowest BCUT2D eigenvalue weighted by molar-refractivity contribution is -0.121. The molecule has 1 aliphatic heterocycles. The van der Waals surface area contributed by atoms with Crippen molar-refractivity contribution in [3.63, 3.8) is 0 Å². The lowest BCUT2D eigenvalue weighted by Gasteiger charge is -2.32. The number of hydrogen-bond acceptors (Lipinski definition) is 4. The molecule has 0 unspecified atom stereocenters. The fourth-order valence-electron chi connectivity index (χ4n) is 1.40. The van der Waals surface area contributed by atoms with Crippen LogP contribution in [0.2, 0.25) is 0 Å². The normalized spacial score (nSPS) is 15.4. The van der Waals surface area contributed by atoms with Gasteiger partial charge in [-0.25, -0.2) is 5.84 Å². The molecular formula is C8H23Cl3N4O2. The standard InChI is InChI=1S/C8H18N4O.3ClH.H2O/c1-11-4-6-12(7-5-11)3-2-8(13)10-9;;;;/h2-7,9H2,1H3,(H,10,13);3*1H;1H2. The number of carbonyl (C=O) groups excluding carboxylic acids is 1. The number of amides is 1. The molecule has 0 bridgehead atoms. The van der Waals surface area contributed by atoms with Gasteiger partial charge >= 0.3 is 0 Å². The van der Waals surface area contributed by atoms with Gasteiger partial charge in [0.2, 0.25) is 5.91 Å². The molecule has 1 rings (SSSR count). The molecule has 0 saturated carbocycles. The first-order chi connectivity index (χ1) is 6.22. The average molecular weight is 314 g/mol. The zero-order valence-corrected chi connectivity index (χ0v) is 12.3. The Morgan fingerprint density at radius 3 is 2.06 bits per heavy atom. The van der Waals surface area contributed by atoms with E-state index in [0.717, 1.165) is 32.7 Å². The molecule has 9 heteroatoms. The van der Waals surface area contributed by atoms with Crippen LogP contribution in [-0.2, 0) is 4.79 Å². The smallest absolute Gasteiger partial charge is 0.235 e. The third-order valence-electron chi connectivity index (χ3n) is 2.41. The second kappa shape index (κ2) is 14.2. The third kappa shape index (κ3) is 11.0. The quantitative estimate of drug-likeness (QED) is 0.399. The van der Waals surface area contributed by atoms with E-state index in [2.05, 4.69) is 22.3 Å². The highest BCUT2D eigenvalue weighted by Crippen LogP contribution is 1.99. The Balaban J connectivity index is -0.000000211. The van der Waals surface area contributed by atoms with Crippen LogP contribution in [0.1, 0.15) is 6.42 Å². The van der Waals surface area contributed by atoms with Crippen molar-refractivity contribution in [3.8, 4) is 0 Å². The molecule has 1 saturated heterocycles. The van der Waals surface area contributed by atoms with Gasteiger partial charge in [0, 0.05) is 39.1 Å². The fourth-order valence-corrected chi connectivity index (χ4v) is 1.40. The van der Waals surface area contributed by atoms with Crippen LogP contribution < -0.4 is 11.3 Å². The summed E-state index contributed by atoms with van der Waals surface area (Å²) >= 11 is 0. The number of carbonyl (C=O) groups is 1. The second-order valence-electron chi connectivity index (χ2n) is 3.46. The van der Waals surface area contributed by atoms with Crippen molar-refractivity contribution >= 4 is 43.1 Å². The minimum Gasteiger partial charge on any atom is -0.412 e. The maximum absolute atomic E-state index is 10.8. The van der Waals surface area contributed by atoms with Crippen LogP contribution >= 0.6 is 37.2 Å². The number of likely N-dealkylation sites (N-methyl/N-ethyl adjacent to an activating group) is 1. The summed E-state index contributed by atoms with van der Waals surface area (Å²) < 4.78 is 0. The monoisotopic (exact) mass is 312 g/mol. The maximum atomic E-state index is 10.8. The Labute approximate surface area is 121 Å². The van der Waals surface area contributed by atoms with Crippen molar-refractivity contribution in [2.24, 2.45) is 5.84 Å². The van der Waals surface area contributed by atoms with Crippen LogP contribution in [0.5, 0.6) is 0 Å². The molecule has 0 aromatic rings. The fraction of sp³-hybridized carbons (Fsp3) is 0.875. The number of halogens is 3. The largest absolute Gasteiger partial charge is 0.412 e. The summed E-state index contributed by atoms with van der Waals surface area (Å²) in [6.45, 7) is 5.09. The topological polar surface area (TPSA) is 93.1 Å². The van der Waals surface area contributed by atoms with Crippen molar-refractivity contribution in [1.82, 2.24) is 15.2 Å². The van der Waals surface area contributed by atoms with Gasteiger partial charge < -0.3 is 15.3 Å². The van der Waals surface area contributed by atoms with Crippen molar-refractivity contribution in [3.05, 3.63) is 0 Å². The lowest BCUT2D eigenvalue weighted by atomic mass is 10.3. The summed E-state index contributed by atoms with van der Waals surface area (Å²) in [6.07, 6.45) is 0.500. The van der Waals surface area contributed by atoms with E-state index in [1.165, 1.54) is 0 Å². The minimum atomic E-state index is -0.0843. The van der Waals surface area contributed by atoms with E-state index in [1.807, 2.05) is 0 Å². The highest BCUT2D eigenvalue weighted by atomic mass is 35.5. The molecule has 0 spiro atoms. The molecule has 1 aliphatic rings. The summed E-state index contributed by atoms with van der Waals surface area (Å²) in [5.74, 6) is 4.90. The van der Waals surface area contributed by atoms with Gasteiger partial charge in [-0.15, -0.1) is 37.2 Å². The lowest BCUT2D eigenvalue weighted by Crippen LogP contribution is -2.45. The van der Waals surface area contributed by atoms with Crippen molar-refractivity contribution in [2.45, 2.75) is 6.42 Å². The Bertz CT molecular complexity index is 180. The number of hydrazine groups is 1. The molecule has 0 aromatic heterocycles.